The Morgan fingerprint density at radius 3 is 3.00 bits per heavy atom. The fourth-order valence-electron chi connectivity index (χ4n) is 2.08. The monoisotopic (exact) mass is 245 g/mol. The largest absolute Gasteiger partial charge is 0.334 e. The van der Waals surface area contributed by atoms with Crippen molar-refractivity contribution < 1.29 is 4.52 Å². The molecule has 3 heterocycles. The Morgan fingerprint density at radius 1 is 1.39 bits per heavy atom. The van der Waals surface area contributed by atoms with Gasteiger partial charge in [-0.15, -0.1) is 0 Å². The average molecular weight is 245 g/mol. The van der Waals surface area contributed by atoms with E-state index in [0.29, 0.717) is 5.89 Å². The van der Waals surface area contributed by atoms with Crippen LogP contribution in [0.25, 0.3) is 11.5 Å². The molecule has 1 aliphatic heterocycles. The lowest BCUT2D eigenvalue weighted by molar-refractivity contribution is 0.190. The van der Waals surface area contributed by atoms with Gasteiger partial charge in [0.2, 0.25) is 0 Å². The van der Waals surface area contributed by atoms with E-state index in [9.17, 15) is 0 Å². The van der Waals surface area contributed by atoms with Gasteiger partial charge in [-0.3, -0.25) is 9.88 Å². The molecule has 3 rings (SSSR count). The van der Waals surface area contributed by atoms with Crippen LogP contribution >= 0.6 is 0 Å². The molecule has 18 heavy (non-hydrogen) atoms. The molecule has 0 radical (unpaired) electrons. The molecule has 0 saturated carbocycles. The number of likely N-dealkylation sites (N-methyl/N-ethyl adjacent to an activating group) is 1. The number of nitrogens with zero attached hydrogens (tertiary/aromatic N) is 4. The molecule has 0 aromatic carbocycles. The molecule has 1 N–H and O–H groups in total. The van der Waals surface area contributed by atoms with Crippen LogP contribution in [-0.2, 0) is 0 Å². The quantitative estimate of drug-likeness (QED) is 0.840. The first-order chi connectivity index (χ1) is 8.84. The molecule has 6 nitrogen and oxygen atoms in total. The molecule has 0 spiro atoms. The Hall–Kier alpha value is -1.79. The van der Waals surface area contributed by atoms with Crippen molar-refractivity contribution in [1.29, 1.82) is 0 Å². The van der Waals surface area contributed by atoms with Crippen LogP contribution in [0.5, 0.6) is 0 Å². The van der Waals surface area contributed by atoms with Crippen LogP contribution in [0.1, 0.15) is 11.9 Å². The first-order valence-electron chi connectivity index (χ1n) is 5.99. The van der Waals surface area contributed by atoms with Gasteiger partial charge >= 0.3 is 0 Å². The van der Waals surface area contributed by atoms with Gasteiger partial charge < -0.3 is 9.84 Å². The summed E-state index contributed by atoms with van der Waals surface area (Å²) in [7, 11) is 2.08. The number of hydrogen-bond donors (Lipinski definition) is 1. The lowest BCUT2D eigenvalue weighted by Gasteiger charge is -2.30. The summed E-state index contributed by atoms with van der Waals surface area (Å²) < 4.78 is 5.31. The van der Waals surface area contributed by atoms with E-state index in [4.69, 9.17) is 4.52 Å². The Labute approximate surface area is 105 Å². The molecule has 1 saturated heterocycles. The predicted octanol–water partition coefficient (Wildman–Crippen LogP) is 0.708. The first-order valence-corrected chi connectivity index (χ1v) is 5.99. The number of pyridine rings is 1. The summed E-state index contributed by atoms with van der Waals surface area (Å²) in [6.45, 7) is 2.84. The number of rotatable bonds is 2. The van der Waals surface area contributed by atoms with Crippen molar-refractivity contribution in [2.24, 2.45) is 0 Å². The number of hydrogen-bond acceptors (Lipinski definition) is 6. The van der Waals surface area contributed by atoms with Crippen molar-refractivity contribution in [1.82, 2.24) is 25.3 Å². The van der Waals surface area contributed by atoms with Gasteiger partial charge in [0.1, 0.15) is 0 Å². The lowest BCUT2D eigenvalue weighted by Crippen LogP contribution is -2.44. The summed E-state index contributed by atoms with van der Waals surface area (Å²) >= 11 is 0. The standard InChI is InChI=1S/C12H15N5O/c1-17-7-6-14-8-10(17)11-15-12(18-16-11)9-2-4-13-5-3-9/h2-5,10,14H,6-8H2,1H3. The zero-order valence-electron chi connectivity index (χ0n) is 10.2. The zero-order valence-corrected chi connectivity index (χ0v) is 10.2. The van der Waals surface area contributed by atoms with Crippen LogP contribution in [0.2, 0.25) is 0 Å². The third-order valence-corrected chi connectivity index (χ3v) is 3.18. The second kappa shape index (κ2) is 4.83. The van der Waals surface area contributed by atoms with E-state index in [1.165, 1.54) is 0 Å². The fourth-order valence-corrected chi connectivity index (χ4v) is 2.08. The molecule has 0 bridgehead atoms. The van der Waals surface area contributed by atoms with E-state index >= 15 is 0 Å². The van der Waals surface area contributed by atoms with Crippen molar-refractivity contribution in [2.75, 3.05) is 26.7 Å². The topological polar surface area (TPSA) is 67.1 Å². The van der Waals surface area contributed by atoms with Gasteiger partial charge in [0.05, 0.1) is 6.04 Å². The number of nitrogens with one attached hydrogen (secondary N) is 1. The van der Waals surface area contributed by atoms with Crippen molar-refractivity contribution in [3.8, 4) is 11.5 Å². The first kappa shape index (κ1) is 11.3. The fraction of sp³-hybridized carbons (Fsp3) is 0.417. The highest BCUT2D eigenvalue weighted by atomic mass is 16.5. The van der Waals surface area contributed by atoms with Gasteiger partial charge in [-0.05, 0) is 19.2 Å². The third kappa shape index (κ3) is 2.12. The highest BCUT2D eigenvalue weighted by molar-refractivity contribution is 5.51. The van der Waals surface area contributed by atoms with E-state index in [0.717, 1.165) is 31.0 Å². The molecule has 1 fully saturated rings. The van der Waals surface area contributed by atoms with Crippen LogP contribution in [0, 0.1) is 0 Å². The van der Waals surface area contributed by atoms with E-state index in [2.05, 4.69) is 32.4 Å². The second-order valence-electron chi connectivity index (χ2n) is 4.39. The zero-order chi connectivity index (χ0) is 12.4. The summed E-state index contributed by atoms with van der Waals surface area (Å²) in [5.74, 6) is 1.28. The molecule has 1 atom stereocenters. The van der Waals surface area contributed by atoms with Gasteiger partial charge in [-0.2, -0.15) is 4.98 Å². The van der Waals surface area contributed by atoms with Gasteiger partial charge in [-0.25, -0.2) is 0 Å². The Morgan fingerprint density at radius 2 is 2.22 bits per heavy atom. The molecule has 0 aliphatic carbocycles. The summed E-state index contributed by atoms with van der Waals surface area (Å²) in [4.78, 5) is 10.7. The maximum absolute atomic E-state index is 5.31. The van der Waals surface area contributed by atoms with E-state index < -0.39 is 0 Å². The van der Waals surface area contributed by atoms with Crippen LogP contribution in [0.15, 0.2) is 29.0 Å². The minimum absolute atomic E-state index is 0.179. The summed E-state index contributed by atoms with van der Waals surface area (Å²) in [6, 6.07) is 3.90. The van der Waals surface area contributed by atoms with Crippen LogP contribution in [0.3, 0.4) is 0 Å². The van der Waals surface area contributed by atoms with Gasteiger partial charge in [0.15, 0.2) is 5.82 Å². The molecule has 94 valence electrons. The minimum atomic E-state index is 0.179. The van der Waals surface area contributed by atoms with Crippen molar-refractivity contribution in [3.63, 3.8) is 0 Å². The number of piperazine rings is 1. The average Bonchev–Trinajstić information content (AvgIpc) is 2.90. The highest BCUT2D eigenvalue weighted by Gasteiger charge is 2.25. The van der Waals surface area contributed by atoms with E-state index in [1.54, 1.807) is 12.4 Å². The maximum atomic E-state index is 5.31. The SMILES string of the molecule is CN1CCNCC1c1noc(-c2ccncc2)n1. The van der Waals surface area contributed by atoms with Gasteiger partial charge in [0, 0.05) is 37.6 Å². The van der Waals surface area contributed by atoms with Crippen molar-refractivity contribution in [3.05, 3.63) is 30.4 Å². The summed E-state index contributed by atoms with van der Waals surface area (Å²) in [5.41, 5.74) is 0.898. The third-order valence-electron chi connectivity index (χ3n) is 3.18. The summed E-state index contributed by atoms with van der Waals surface area (Å²) in [6.07, 6.45) is 3.43. The normalized spacial score (nSPS) is 21.1. The van der Waals surface area contributed by atoms with E-state index in [1.807, 2.05) is 12.1 Å². The Bertz CT molecular complexity index is 512. The van der Waals surface area contributed by atoms with Crippen molar-refractivity contribution >= 4 is 0 Å². The van der Waals surface area contributed by atoms with Gasteiger partial charge in [-0.1, -0.05) is 5.16 Å². The molecular weight excluding hydrogens is 230 g/mol. The van der Waals surface area contributed by atoms with E-state index in [-0.39, 0.29) is 6.04 Å². The molecule has 1 unspecified atom stereocenters. The Balaban J connectivity index is 1.85. The molecule has 6 heteroatoms. The molecule has 1 aliphatic rings. The molecule has 2 aromatic heterocycles. The smallest absolute Gasteiger partial charge is 0.258 e. The Kier molecular flexibility index (Phi) is 3.04. The second-order valence-corrected chi connectivity index (χ2v) is 4.39. The minimum Gasteiger partial charge on any atom is -0.334 e. The van der Waals surface area contributed by atoms with Crippen LogP contribution in [0.4, 0.5) is 0 Å². The maximum Gasteiger partial charge on any atom is 0.258 e. The van der Waals surface area contributed by atoms with Crippen LogP contribution in [-0.4, -0.2) is 46.7 Å². The highest BCUT2D eigenvalue weighted by Crippen LogP contribution is 2.21. The van der Waals surface area contributed by atoms with Crippen LogP contribution < -0.4 is 5.32 Å². The molecule has 0 amide bonds. The van der Waals surface area contributed by atoms with Gasteiger partial charge in [0.25, 0.3) is 5.89 Å². The molecular formula is C12H15N5O. The summed E-state index contributed by atoms with van der Waals surface area (Å²) in [5, 5.41) is 7.42. The van der Waals surface area contributed by atoms with Crippen molar-refractivity contribution in [2.45, 2.75) is 6.04 Å². The molecule has 2 aromatic rings. The lowest BCUT2D eigenvalue weighted by atomic mass is 10.2. The predicted molar refractivity (Wildman–Crippen MR) is 65.8 cm³/mol. The number of aromatic nitrogens is 3.